The number of amides is 2. The summed E-state index contributed by atoms with van der Waals surface area (Å²) in [7, 11) is 0. The van der Waals surface area contributed by atoms with Gasteiger partial charge in [-0.05, 0) is 24.8 Å². The van der Waals surface area contributed by atoms with Crippen LogP contribution in [0.15, 0.2) is 30.3 Å². The molecule has 5 heteroatoms. The third-order valence-corrected chi connectivity index (χ3v) is 4.72. The van der Waals surface area contributed by atoms with E-state index in [-0.39, 0.29) is 11.9 Å². The molecule has 1 saturated carbocycles. The van der Waals surface area contributed by atoms with E-state index in [2.05, 4.69) is 41.4 Å². The number of hydrogen-bond donors (Lipinski definition) is 1. The predicted molar refractivity (Wildman–Crippen MR) is 88.8 cm³/mol. The summed E-state index contributed by atoms with van der Waals surface area (Å²) in [6.07, 6.45) is 3.05. The van der Waals surface area contributed by atoms with Gasteiger partial charge in [-0.25, -0.2) is 0 Å². The number of rotatable bonds is 4. The number of carbonyl (C=O) groups excluding carboxylic acids is 2. The molecule has 0 radical (unpaired) electrons. The summed E-state index contributed by atoms with van der Waals surface area (Å²) in [5.74, 6) is -0.805. The summed E-state index contributed by atoms with van der Waals surface area (Å²) < 4.78 is 0. The van der Waals surface area contributed by atoms with Crippen LogP contribution < -0.4 is 5.32 Å². The number of nitrogens with zero attached hydrogens (tertiary/aromatic N) is 2. The van der Waals surface area contributed by atoms with E-state index in [4.69, 9.17) is 0 Å². The van der Waals surface area contributed by atoms with Gasteiger partial charge in [-0.1, -0.05) is 37.3 Å². The van der Waals surface area contributed by atoms with E-state index in [9.17, 15) is 9.59 Å². The molecule has 0 spiro atoms. The Labute approximate surface area is 137 Å². The third kappa shape index (κ3) is 3.91. The molecule has 1 N–H and O–H groups in total. The van der Waals surface area contributed by atoms with Crippen molar-refractivity contribution >= 4 is 11.8 Å². The van der Waals surface area contributed by atoms with Crippen LogP contribution in [0.25, 0.3) is 0 Å². The van der Waals surface area contributed by atoms with Crippen molar-refractivity contribution in [2.24, 2.45) is 0 Å². The fourth-order valence-corrected chi connectivity index (χ4v) is 3.24. The first-order chi connectivity index (χ1) is 11.2. The van der Waals surface area contributed by atoms with E-state index in [1.807, 2.05) is 6.07 Å². The highest BCUT2D eigenvalue weighted by Crippen LogP contribution is 2.25. The van der Waals surface area contributed by atoms with Crippen LogP contribution in [0.3, 0.4) is 0 Å². The van der Waals surface area contributed by atoms with Gasteiger partial charge in [0, 0.05) is 38.3 Å². The van der Waals surface area contributed by atoms with Gasteiger partial charge in [-0.15, -0.1) is 0 Å². The first-order valence-corrected chi connectivity index (χ1v) is 8.57. The van der Waals surface area contributed by atoms with Crippen LogP contribution in [0.4, 0.5) is 0 Å². The average molecular weight is 315 g/mol. The normalized spacial score (nSPS) is 20.1. The highest BCUT2D eigenvalue weighted by atomic mass is 16.2. The molecule has 1 aliphatic heterocycles. The topological polar surface area (TPSA) is 52.7 Å². The van der Waals surface area contributed by atoms with Gasteiger partial charge < -0.3 is 10.2 Å². The second-order valence-electron chi connectivity index (χ2n) is 6.41. The monoisotopic (exact) mass is 315 g/mol. The standard InChI is InChI=1S/C18H25N3O2/c1-2-16(14-6-4-3-5-7-14)20-10-12-21(13-11-20)18(23)17(22)19-15-8-9-15/h3-7,15-16H,2,8-13H2,1H3,(H,19,22)/t16-/m0/s1. The van der Waals surface area contributed by atoms with Gasteiger partial charge in [-0.3, -0.25) is 14.5 Å². The highest BCUT2D eigenvalue weighted by molar-refractivity contribution is 6.35. The molecule has 1 aromatic rings. The first kappa shape index (κ1) is 16.0. The minimum absolute atomic E-state index is 0.232. The average Bonchev–Trinajstić information content (AvgIpc) is 3.40. The largest absolute Gasteiger partial charge is 0.345 e. The molecule has 1 heterocycles. The van der Waals surface area contributed by atoms with Crippen molar-refractivity contribution in [3.8, 4) is 0 Å². The van der Waals surface area contributed by atoms with Crippen molar-refractivity contribution in [2.45, 2.75) is 38.3 Å². The predicted octanol–water partition coefficient (Wildman–Crippen LogP) is 1.56. The second-order valence-corrected chi connectivity index (χ2v) is 6.41. The summed E-state index contributed by atoms with van der Waals surface area (Å²) in [5.41, 5.74) is 1.32. The number of carbonyl (C=O) groups is 2. The zero-order valence-electron chi connectivity index (χ0n) is 13.7. The van der Waals surface area contributed by atoms with Crippen molar-refractivity contribution in [2.75, 3.05) is 26.2 Å². The summed E-state index contributed by atoms with van der Waals surface area (Å²) in [5, 5.41) is 2.78. The molecule has 2 fully saturated rings. The van der Waals surface area contributed by atoms with Crippen molar-refractivity contribution in [1.29, 1.82) is 0 Å². The molecule has 1 atom stereocenters. The van der Waals surface area contributed by atoms with Crippen LogP contribution in [-0.2, 0) is 9.59 Å². The smallest absolute Gasteiger partial charge is 0.311 e. The molecule has 23 heavy (non-hydrogen) atoms. The van der Waals surface area contributed by atoms with Gasteiger partial charge in [0.25, 0.3) is 0 Å². The Morgan fingerprint density at radius 3 is 2.35 bits per heavy atom. The summed E-state index contributed by atoms with van der Waals surface area (Å²) in [4.78, 5) is 28.1. The van der Waals surface area contributed by atoms with Gasteiger partial charge in [0.1, 0.15) is 0 Å². The Morgan fingerprint density at radius 1 is 1.13 bits per heavy atom. The van der Waals surface area contributed by atoms with Crippen molar-refractivity contribution in [3.05, 3.63) is 35.9 Å². The van der Waals surface area contributed by atoms with Crippen LogP contribution in [-0.4, -0.2) is 53.8 Å². The van der Waals surface area contributed by atoms with Crippen LogP contribution >= 0.6 is 0 Å². The summed E-state index contributed by atoms with van der Waals surface area (Å²) in [6, 6.07) is 11.1. The fourth-order valence-electron chi connectivity index (χ4n) is 3.24. The van der Waals surface area contributed by atoms with Crippen molar-refractivity contribution in [3.63, 3.8) is 0 Å². The molecule has 3 rings (SSSR count). The third-order valence-electron chi connectivity index (χ3n) is 4.72. The Hall–Kier alpha value is -1.88. The quantitative estimate of drug-likeness (QED) is 0.858. The number of nitrogens with one attached hydrogen (secondary N) is 1. The number of benzene rings is 1. The Morgan fingerprint density at radius 2 is 1.78 bits per heavy atom. The minimum atomic E-state index is -0.434. The summed E-state index contributed by atoms with van der Waals surface area (Å²) >= 11 is 0. The minimum Gasteiger partial charge on any atom is -0.345 e. The molecule has 1 saturated heterocycles. The van der Waals surface area contributed by atoms with Crippen LogP contribution in [0.1, 0.15) is 37.8 Å². The van der Waals surface area contributed by atoms with Gasteiger partial charge in [0.05, 0.1) is 0 Å². The maximum Gasteiger partial charge on any atom is 0.311 e. The molecular weight excluding hydrogens is 290 g/mol. The fraction of sp³-hybridized carbons (Fsp3) is 0.556. The number of hydrogen-bond acceptors (Lipinski definition) is 3. The zero-order chi connectivity index (χ0) is 16.2. The lowest BCUT2D eigenvalue weighted by molar-refractivity contribution is -0.147. The molecule has 0 aromatic heterocycles. The second kappa shape index (κ2) is 7.13. The van der Waals surface area contributed by atoms with Crippen LogP contribution in [0, 0.1) is 0 Å². The molecule has 124 valence electrons. The molecule has 2 aliphatic rings. The first-order valence-electron chi connectivity index (χ1n) is 8.57. The van der Waals surface area contributed by atoms with Crippen LogP contribution in [0.2, 0.25) is 0 Å². The lowest BCUT2D eigenvalue weighted by Crippen LogP contribution is -2.53. The molecule has 0 bridgehead atoms. The lowest BCUT2D eigenvalue weighted by atomic mass is 10.0. The lowest BCUT2D eigenvalue weighted by Gasteiger charge is -2.39. The van der Waals surface area contributed by atoms with Crippen molar-refractivity contribution in [1.82, 2.24) is 15.1 Å². The Kier molecular flexibility index (Phi) is 4.96. The molecular formula is C18H25N3O2. The Bertz CT molecular complexity index is 549. The van der Waals surface area contributed by atoms with E-state index < -0.39 is 5.91 Å². The van der Waals surface area contributed by atoms with E-state index in [0.717, 1.165) is 32.4 Å². The molecule has 1 aliphatic carbocycles. The maximum atomic E-state index is 12.2. The Balaban J connectivity index is 1.54. The zero-order valence-corrected chi connectivity index (χ0v) is 13.7. The van der Waals surface area contributed by atoms with Crippen molar-refractivity contribution < 1.29 is 9.59 Å². The maximum absolute atomic E-state index is 12.2. The van der Waals surface area contributed by atoms with E-state index in [1.54, 1.807) is 4.90 Å². The van der Waals surface area contributed by atoms with Crippen LogP contribution in [0.5, 0.6) is 0 Å². The van der Waals surface area contributed by atoms with Gasteiger partial charge >= 0.3 is 11.8 Å². The van der Waals surface area contributed by atoms with Gasteiger partial charge in [-0.2, -0.15) is 0 Å². The SMILES string of the molecule is CC[C@@H](c1ccccc1)N1CCN(C(=O)C(=O)NC2CC2)CC1. The molecule has 0 unspecified atom stereocenters. The van der Waals surface area contributed by atoms with Gasteiger partial charge in [0.15, 0.2) is 0 Å². The summed E-state index contributed by atoms with van der Waals surface area (Å²) in [6.45, 7) is 5.07. The van der Waals surface area contributed by atoms with E-state index in [1.165, 1.54) is 5.56 Å². The number of piperazine rings is 1. The van der Waals surface area contributed by atoms with E-state index in [0.29, 0.717) is 19.1 Å². The van der Waals surface area contributed by atoms with E-state index >= 15 is 0 Å². The molecule has 1 aromatic carbocycles. The van der Waals surface area contributed by atoms with Gasteiger partial charge in [0.2, 0.25) is 0 Å². The molecule has 2 amide bonds. The molecule has 5 nitrogen and oxygen atoms in total. The highest BCUT2D eigenvalue weighted by Gasteiger charge is 2.31.